The SMILES string of the molecule is CC1CCN(C(=O)c2ccccc2NC(=O)[C@@H]2CCC(=O)N2)CC1. The van der Waals surface area contributed by atoms with Gasteiger partial charge < -0.3 is 15.5 Å². The van der Waals surface area contributed by atoms with Crippen LogP contribution >= 0.6 is 0 Å². The Kier molecular flexibility index (Phi) is 4.83. The van der Waals surface area contributed by atoms with Crippen LogP contribution in [0.25, 0.3) is 0 Å². The summed E-state index contributed by atoms with van der Waals surface area (Å²) in [6, 6.07) is 6.54. The number of likely N-dealkylation sites (tertiary alicyclic amines) is 1. The van der Waals surface area contributed by atoms with Crippen LogP contribution in [0.2, 0.25) is 0 Å². The van der Waals surface area contributed by atoms with Crippen molar-refractivity contribution in [3.8, 4) is 0 Å². The lowest BCUT2D eigenvalue weighted by atomic mass is 9.98. The second-order valence-electron chi connectivity index (χ2n) is 6.67. The van der Waals surface area contributed by atoms with Crippen molar-refractivity contribution in [2.45, 2.75) is 38.6 Å². The molecule has 0 radical (unpaired) electrons. The van der Waals surface area contributed by atoms with E-state index >= 15 is 0 Å². The number of hydrogen-bond donors (Lipinski definition) is 2. The maximum atomic E-state index is 12.8. The van der Waals surface area contributed by atoms with Crippen molar-refractivity contribution >= 4 is 23.4 Å². The standard InChI is InChI=1S/C18H23N3O3/c1-12-8-10-21(11-9-12)18(24)13-4-2-3-5-14(13)20-17(23)15-6-7-16(22)19-15/h2-5,12,15H,6-11H2,1H3,(H,19,22)(H,20,23)/t15-/m0/s1. The van der Waals surface area contributed by atoms with Crippen LogP contribution in [0, 0.1) is 5.92 Å². The molecule has 1 aromatic rings. The Morgan fingerprint density at radius 3 is 2.54 bits per heavy atom. The summed E-state index contributed by atoms with van der Waals surface area (Å²) < 4.78 is 0. The predicted molar refractivity (Wildman–Crippen MR) is 90.5 cm³/mol. The molecule has 0 aliphatic carbocycles. The Morgan fingerprint density at radius 1 is 1.17 bits per heavy atom. The van der Waals surface area contributed by atoms with Crippen molar-refractivity contribution < 1.29 is 14.4 Å². The molecule has 0 aromatic heterocycles. The first kappa shape index (κ1) is 16.5. The molecule has 2 aliphatic rings. The van der Waals surface area contributed by atoms with Gasteiger partial charge in [0.25, 0.3) is 5.91 Å². The number of nitrogens with one attached hydrogen (secondary N) is 2. The molecule has 2 N–H and O–H groups in total. The normalized spacial score (nSPS) is 21.5. The van der Waals surface area contributed by atoms with E-state index < -0.39 is 6.04 Å². The van der Waals surface area contributed by atoms with E-state index in [1.165, 1.54) is 0 Å². The molecule has 1 atom stereocenters. The topological polar surface area (TPSA) is 78.5 Å². The molecule has 1 aromatic carbocycles. The first-order chi connectivity index (χ1) is 11.5. The van der Waals surface area contributed by atoms with E-state index in [0.29, 0.717) is 30.0 Å². The molecule has 6 heteroatoms. The number of anilines is 1. The van der Waals surface area contributed by atoms with Gasteiger partial charge in [-0.2, -0.15) is 0 Å². The fraction of sp³-hybridized carbons (Fsp3) is 0.500. The molecule has 0 bridgehead atoms. The van der Waals surface area contributed by atoms with E-state index in [4.69, 9.17) is 0 Å². The average molecular weight is 329 g/mol. The van der Waals surface area contributed by atoms with Crippen molar-refractivity contribution in [2.75, 3.05) is 18.4 Å². The number of para-hydroxylation sites is 1. The third-order valence-electron chi connectivity index (χ3n) is 4.80. The molecular formula is C18H23N3O3. The van der Waals surface area contributed by atoms with E-state index in [1.807, 2.05) is 4.90 Å². The van der Waals surface area contributed by atoms with Crippen LogP contribution in [0.1, 0.15) is 43.0 Å². The molecule has 0 spiro atoms. The van der Waals surface area contributed by atoms with E-state index in [9.17, 15) is 14.4 Å². The highest BCUT2D eigenvalue weighted by atomic mass is 16.2. The van der Waals surface area contributed by atoms with Crippen molar-refractivity contribution in [2.24, 2.45) is 5.92 Å². The minimum absolute atomic E-state index is 0.0479. The summed E-state index contributed by atoms with van der Waals surface area (Å²) >= 11 is 0. The van der Waals surface area contributed by atoms with Crippen LogP contribution in [-0.2, 0) is 9.59 Å². The van der Waals surface area contributed by atoms with E-state index in [2.05, 4.69) is 17.6 Å². The molecule has 128 valence electrons. The highest BCUT2D eigenvalue weighted by molar-refractivity contribution is 6.06. The highest BCUT2D eigenvalue weighted by Crippen LogP contribution is 2.22. The lowest BCUT2D eigenvalue weighted by Gasteiger charge is -2.30. The van der Waals surface area contributed by atoms with E-state index in [-0.39, 0.29) is 17.7 Å². The summed E-state index contributed by atoms with van der Waals surface area (Å²) in [6.07, 6.45) is 2.87. The summed E-state index contributed by atoms with van der Waals surface area (Å²) in [5, 5.41) is 5.45. The fourth-order valence-corrected chi connectivity index (χ4v) is 3.19. The number of nitrogens with zero attached hydrogens (tertiary/aromatic N) is 1. The van der Waals surface area contributed by atoms with Crippen LogP contribution in [0.15, 0.2) is 24.3 Å². The van der Waals surface area contributed by atoms with Gasteiger partial charge in [0.2, 0.25) is 11.8 Å². The third-order valence-corrected chi connectivity index (χ3v) is 4.80. The molecule has 0 saturated carbocycles. The zero-order valence-electron chi connectivity index (χ0n) is 13.9. The number of hydrogen-bond acceptors (Lipinski definition) is 3. The Morgan fingerprint density at radius 2 is 1.88 bits per heavy atom. The van der Waals surface area contributed by atoms with Gasteiger partial charge in [0.05, 0.1) is 11.3 Å². The van der Waals surface area contributed by atoms with Gasteiger partial charge in [-0.1, -0.05) is 19.1 Å². The molecule has 3 rings (SSSR count). The van der Waals surface area contributed by atoms with Gasteiger partial charge in [-0.25, -0.2) is 0 Å². The van der Waals surface area contributed by atoms with Crippen molar-refractivity contribution in [1.29, 1.82) is 0 Å². The average Bonchev–Trinajstić information content (AvgIpc) is 3.02. The van der Waals surface area contributed by atoms with Crippen molar-refractivity contribution in [3.63, 3.8) is 0 Å². The summed E-state index contributed by atoms with van der Waals surface area (Å²) in [5.41, 5.74) is 1.01. The number of amides is 3. The minimum Gasteiger partial charge on any atom is -0.344 e. The minimum atomic E-state index is -0.517. The fourth-order valence-electron chi connectivity index (χ4n) is 3.19. The Balaban J connectivity index is 1.72. The molecule has 2 heterocycles. The Hall–Kier alpha value is -2.37. The zero-order valence-corrected chi connectivity index (χ0v) is 13.9. The monoisotopic (exact) mass is 329 g/mol. The smallest absolute Gasteiger partial charge is 0.255 e. The van der Waals surface area contributed by atoms with Crippen LogP contribution in [0.3, 0.4) is 0 Å². The van der Waals surface area contributed by atoms with Crippen LogP contribution < -0.4 is 10.6 Å². The van der Waals surface area contributed by atoms with Gasteiger partial charge in [-0.15, -0.1) is 0 Å². The lowest BCUT2D eigenvalue weighted by molar-refractivity contribution is -0.122. The van der Waals surface area contributed by atoms with E-state index in [1.54, 1.807) is 24.3 Å². The summed E-state index contributed by atoms with van der Waals surface area (Å²) in [4.78, 5) is 38.2. The first-order valence-corrected chi connectivity index (χ1v) is 8.53. The number of benzene rings is 1. The van der Waals surface area contributed by atoms with Crippen LogP contribution in [0.5, 0.6) is 0 Å². The van der Waals surface area contributed by atoms with Gasteiger partial charge in [0.15, 0.2) is 0 Å². The molecule has 2 aliphatic heterocycles. The highest BCUT2D eigenvalue weighted by Gasteiger charge is 2.29. The third kappa shape index (κ3) is 3.58. The van der Waals surface area contributed by atoms with E-state index in [0.717, 1.165) is 25.9 Å². The van der Waals surface area contributed by atoms with Gasteiger partial charge in [-0.3, -0.25) is 14.4 Å². The van der Waals surface area contributed by atoms with Crippen molar-refractivity contribution in [1.82, 2.24) is 10.2 Å². The summed E-state index contributed by atoms with van der Waals surface area (Å²) in [7, 11) is 0. The maximum absolute atomic E-state index is 12.8. The van der Waals surface area contributed by atoms with Gasteiger partial charge >= 0.3 is 0 Å². The van der Waals surface area contributed by atoms with Gasteiger partial charge in [0.1, 0.15) is 6.04 Å². The lowest BCUT2D eigenvalue weighted by Crippen LogP contribution is -2.39. The maximum Gasteiger partial charge on any atom is 0.255 e. The van der Waals surface area contributed by atoms with Crippen LogP contribution in [-0.4, -0.2) is 41.8 Å². The molecule has 24 heavy (non-hydrogen) atoms. The number of carbonyl (C=O) groups excluding carboxylic acids is 3. The summed E-state index contributed by atoms with van der Waals surface area (Å²) in [6.45, 7) is 3.70. The Labute approximate surface area is 141 Å². The number of rotatable bonds is 3. The quantitative estimate of drug-likeness (QED) is 0.887. The second-order valence-corrected chi connectivity index (χ2v) is 6.67. The largest absolute Gasteiger partial charge is 0.344 e. The molecule has 2 saturated heterocycles. The molecule has 3 amide bonds. The van der Waals surface area contributed by atoms with Gasteiger partial charge in [-0.05, 0) is 37.3 Å². The Bertz CT molecular complexity index is 651. The number of piperidine rings is 1. The number of carbonyl (C=O) groups is 3. The summed E-state index contributed by atoms with van der Waals surface area (Å²) in [5.74, 6) is 0.221. The zero-order chi connectivity index (χ0) is 17.1. The second kappa shape index (κ2) is 7.03. The molecule has 6 nitrogen and oxygen atoms in total. The molecular weight excluding hydrogens is 306 g/mol. The first-order valence-electron chi connectivity index (χ1n) is 8.53. The van der Waals surface area contributed by atoms with Crippen molar-refractivity contribution in [3.05, 3.63) is 29.8 Å². The predicted octanol–water partition coefficient (Wildman–Crippen LogP) is 1.78. The molecule has 2 fully saturated rings. The van der Waals surface area contributed by atoms with Gasteiger partial charge in [0, 0.05) is 19.5 Å². The van der Waals surface area contributed by atoms with Crippen LogP contribution in [0.4, 0.5) is 5.69 Å². The molecule has 0 unspecified atom stereocenters.